The Kier molecular flexibility index (Phi) is 5.66. The Labute approximate surface area is 171 Å². The van der Waals surface area contributed by atoms with E-state index in [1.165, 1.54) is 23.7 Å². The number of carbonyl (C=O) groups excluding carboxylic acids is 1. The van der Waals surface area contributed by atoms with Gasteiger partial charge in [0.2, 0.25) is 5.13 Å². The molecule has 0 aliphatic carbocycles. The summed E-state index contributed by atoms with van der Waals surface area (Å²) in [6, 6.07) is 13.3. The molecule has 2 heterocycles. The van der Waals surface area contributed by atoms with Gasteiger partial charge in [-0.25, -0.2) is 4.39 Å². The van der Waals surface area contributed by atoms with Gasteiger partial charge in [0.1, 0.15) is 5.82 Å². The molecule has 4 rings (SSSR count). The highest BCUT2D eigenvalue weighted by molar-refractivity contribution is 7.09. The predicted octanol–water partition coefficient (Wildman–Crippen LogP) is 4.00. The van der Waals surface area contributed by atoms with E-state index in [1.807, 2.05) is 24.3 Å². The topological polar surface area (TPSA) is 49.3 Å². The third-order valence-electron chi connectivity index (χ3n) is 4.67. The third kappa shape index (κ3) is 4.38. The lowest BCUT2D eigenvalue weighted by molar-refractivity contribution is 0.0926. The van der Waals surface area contributed by atoms with Gasteiger partial charge in [0.05, 0.1) is 6.54 Å². The second-order valence-electron chi connectivity index (χ2n) is 6.60. The number of piperazine rings is 1. The van der Waals surface area contributed by atoms with Gasteiger partial charge >= 0.3 is 0 Å². The average molecular weight is 417 g/mol. The van der Waals surface area contributed by atoms with Crippen molar-refractivity contribution < 1.29 is 9.18 Å². The number of anilines is 1. The summed E-state index contributed by atoms with van der Waals surface area (Å²) in [6.07, 6.45) is 0. The number of nitrogens with zero attached hydrogens (tertiary/aromatic N) is 4. The Morgan fingerprint density at radius 2 is 1.86 bits per heavy atom. The smallest absolute Gasteiger partial charge is 0.205 e. The first kappa shape index (κ1) is 19.0. The van der Waals surface area contributed by atoms with Crippen LogP contribution in [0.5, 0.6) is 0 Å². The Balaban J connectivity index is 1.34. The van der Waals surface area contributed by atoms with Gasteiger partial charge in [-0.15, -0.1) is 0 Å². The van der Waals surface area contributed by atoms with Crippen molar-refractivity contribution in [1.82, 2.24) is 14.3 Å². The molecule has 28 heavy (non-hydrogen) atoms. The van der Waals surface area contributed by atoms with Crippen molar-refractivity contribution in [3.05, 3.63) is 64.9 Å². The summed E-state index contributed by atoms with van der Waals surface area (Å²) >= 11 is 7.30. The molecule has 0 radical (unpaired) electrons. The zero-order valence-corrected chi connectivity index (χ0v) is 16.6. The van der Waals surface area contributed by atoms with Crippen molar-refractivity contribution in [1.29, 1.82) is 0 Å². The number of hydrogen-bond acceptors (Lipinski definition) is 6. The average Bonchev–Trinajstić information content (AvgIpc) is 3.19. The lowest BCUT2D eigenvalue weighted by Crippen LogP contribution is -2.48. The molecule has 0 bridgehead atoms. The van der Waals surface area contributed by atoms with Crippen LogP contribution in [-0.2, 0) is 0 Å². The normalized spacial score (nSPS) is 15.0. The maximum atomic E-state index is 13.3. The fraction of sp³-hybridized carbons (Fsp3) is 0.250. The van der Waals surface area contributed by atoms with Crippen LogP contribution in [0.1, 0.15) is 10.4 Å². The van der Waals surface area contributed by atoms with E-state index < -0.39 is 0 Å². The van der Waals surface area contributed by atoms with Crippen LogP contribution in [0.25, 0.3) is 11.4 Å². The van der Waals surface area contributed by atoms with Crippen molar-refractivity contribution in [2.75, 3.05) is 37.6 Å². The summed E-state index contributed by atoms with van der Waals surface area (Å²) in [5.74, 6) is 0.248. The highest BCUT2D eigenvalue weighted by atomic mass is 35.5. The standard InChI is InChI=1S/C20H18ClFN4OS/c21-16-6-4-14(5-7-16)19-23-20(28-24-19)26-10-8-25(9-11-26)13-18(27)15-2-1-3-17(22)12-15/h1-7,12H,8-11,13H2. The van der Waals surface area contributed by atoms with Gasteiger partial charge in [-0.3, -0.25) is 9.69 Å². The molecule has 0 saturated carbocycles. The zero-order chi connectivity index (χ0) is 19.5. The fourth-order valence-electron chi connectivity index (χ4n) is 3.11. The van der Waals surface area contributed by atoms with Gasteiger partial charge in [-0.05, 0) is 36.4 Å². The number of carbonyl (C=O) groups is 1. The largest absolute Gasteiger partial charge is 0.344 e. The SMILES string of the molecule is O=C(CN1CCN(c2nc(-c3ccc(Cl)cc3)ns2)CC1)c1cccc(F)c1. The number of Topliss-reactive ketones (excluding diaryl/α,β-unsaturated/α-hetero) is 1. The molecule has 0 atom stereocenters. The van der Waals surface area contributed by atoms with E-state index in [4.69, 9.17) is 11.6 Å². The summed E-state index contributed by atoms with van der Waals surface area (Å²) < 4.78 is 17.7. The van der Waals surface area contributed by atoms with Crippen molar-refractivity contribution in [2.24, 2.45) is 0 Å². The minimum absolute atomic E-state index is 0.0612. The van der Waals surface area contributed by atoms with Gasteiger partial charge in [0, 0.05) is 53.9 Å². The van der Waals surface area contributed by atoms with Crippen LogP contribution in [0.15, 0.2) is 48.5 Å². The predicted molar refractivity (Wildman–Crippen MR) is 110 cm³/mol. The molecule has 144 valence electrons. The number of aromatic nitrogens is 2. The van der Waals surface area contributed by atoms with Crippen molar-refractivity contribution >= 4 is 34.0 Å². The third-order valence-corrected chi connectivity index (χ3v) is 5.70. The second-order valence-corrected chi connectivity index (χ2v) is 7.77. The molecular weight excluding hydrogens is 399 g/mol. The minimum atomic E-state index is -0.386. The van der Waals surface area contributed by atoms with E-state index in [2.05, 4.69) is 19.2 Å². The van der Waals surface area contributed by atoms with Crippen LogP contribution in [0, 0.1) is 5.82 Å². The van der Waals surface area contributed by atoms with E-state index in [-0.39, 0.29) is 11.6 Å². The quantitative estimate of drug-likeness (QED) is 0.588. The molecular formula is C20H18ClFN4OS. The van der Waals surface area contributed by atoms with Crippen molar-refractivity contribution in [3.8, 4) is 11.4 Å². The molecule has 0 spiro atoms. The van der Waals surface area contributed by atoms with Crippen LogP contribution in [0.4, 0.5) is 9.52 Å². The zero-order valence-electron chi connectivity index (χ0n) is 15.0. The second kappa shape index (κ2) is 8.34. The Morgan fingerprint density at radius 3 is 2.57 bits per heavy atom. The van der Waals surface area contributed by atoms with Gasteiger partial charge in [-0.1, -0.05) is 23.7 Å². The summed E-state index contributed by atoms with van der Waals surface area (Å²) in [6.45, 7) is 3.33. The number of ketones is 1. The summed E-state index contributed by atoms with van der Waals surface area (Å²) in [5.41, 5.74) is 1.35. The van der Waals surface area contributed by atoms with Crippen LogP contribution in [0.2, 0.25) is 5.02 Å². The molecule has 1 fully saturated rings. The first-order valence-electron chi connectivity index (χ1n) is 8.94. The van der Waals surface area contributed by atoms with Crippen molar-refractivity contribution in [3.63, 3.8) is 0 Å². The first-order valence-corrected chi connectivity index (χ1v) is 10.1. The molecule has 0 N–H and O–H groups in total. The number of hydrogen-bond donors (Lipinski definition) is 0. The van der Waals surface area contributed by atoms with Crippen molar-refractivity contribution in [2.45, 2.75) is 0 Å². The van der Waals surface area contributed by atoms with Gasteiger partial charge < -0.3 is 4.90 Å². The molecule has 8 heteroatoms. The van der Waals surface area contributed by atoms with Crippen LogP contribution >= 0.6 is 23.1 Å². The molecule has 0 amide bonds. The fourth-order valence-corrected chi connectivity index (χ4v) is 3.98. The Bertz CT molecular complexity index is 970. The van der Waals surface area contributed by atoms with Gasteiger partial charge in [0.25, 0.3) is 0 Å². The summed E-state index contributed by atoms with van der Waals surface area (Å²) in [5, 5.41) is 1.56. The summed E-state index contributed by atoms with van der Waals surface area (Å²) in [4.78, 5) is 21.3. The monoisotopic (exact) mass is 416 g/mol. The molecule has 1 aromatic heterocycles. The maximum absolute atomic E-state index is 13.3. The first-order chi connectivity index (χ1) is 13.6. The molecule has 2 aromatic carbocycles. The Hall–Kier alpha value is -2.35. The Morgan fingerprint density at radius 1 is 1.11 bits per heavy atom. The van der Waals surface area contributed by atoms with E-state index in [0.717, 1.165) is 36.9 Å². The van der Waals surface area contributed by atoms with E-state index >= 15 is 0 Å². The highest BCUT2D eigenvalue weighted by Gasteiger charge is 2.22. The molecule has 3 aromatic rings. The molecule has 1 aliphatic rings. The van der Waals surface area contributed by atoms with Crippen LogP contribution in [-0.4, -0.2) is 52.8 Å². The number of benzene rings is 2. The van der Waals surface area contributed by atoms with E-state index in [1.54, 1.807) is 12.1 Å². The molecule has 0 unspecified atom stereocenters. The molecule has 5 nitrogen and oxygen atoms in total. The van der Waals surface area contributed by atoms with Gasteiger partial charge in [-0.2, -0.15) is 9.36 Å². The van der Waals surface area contributed by atoms with Crippen LogP contribution < -0.4 is 4.90 Å². The molecule has 1 aliphatic heterocycles. The number of halogens is 2. The van der Waals surface area contributed by atoms with Crippen LogP contribution in [0.3, 0.4) is 0 Å². The van der Waals surface area contributed by atoms with Gasteiger partial charge in [0.15, 0.2) is 11.6 Å². The van der Waals surface area contributed by atoms with E-state index in [9.17, 15) is 9.18 Å². The number of rotatable bonds is 5. The summed E-state index contributed by atoms with van der Waals surface area (Å²) in [7, 11) is 0. The minimum Gasteiger partial charge on any atom is -0.344 e. The molecule has 1 saturated heterocycles. The highest BCUT2D eigenvalue weighted by Crippen LogP contribution is 2.25. The lowest BCUT2D eigenvalue weighted by Gasteiger charge is -2.33. The maximum Gasteiger partial charge on any atom is 0.205 e. The van der Waals surface area contributed by atoms with E-state index in [0.29, 0.717) is 23.0 Å². The lowest BCUT2D eigenvalue weighted by atomic mass is 10.1.